The van der Waals surface area contributed by atoms with Gasteiger partial charge in [-0.25, -0.2) is 0 Å². The summed E-state index contributed by atoms with van der Waals surface area (Å²) in [6.45, 7) is 16.7. The summed E-state index contributed by atoms with van der Waals surface area (Å²) >= 11 is 0. The van der Waals surface area contributed by atoms with Crippen LogP contribution in [0.3, 0.4) is 0 Å². The zero-order chi connectivity index (χ0) is 13.6. The molecule has 0 radical (unpaired) electrons. The van der Waals surface area contributed by atoms with Gasteiger partial charge in [-0.3, -0.25) is 0 Å². The van der Waals surface area contributed by atoms with Crippen LogP contribution >= 0.6 is 0 Å². The van der Waals surface area contributed by atoms with Gasteiger partial charge >= 0.3 is 0 Å². The van der Waals surface area contributed by atoms with Gasteiger partial charge in [0.05, 0.1) is 0 Å². The van der Waals surface area contributed by atoms with E-state index in [1.165, 1.54) is 38.8 Å². The molecule has 108 valence electrons. The van der Waals surface area contributed by atoms with Crippen LogP contribution in [0.4, 0.5) is 0 Å². The Morgan fingerprint density at radius 2 is 1.94 bits per heavy atom. The Hall–Kier alpha value is -0.0800. The fourth-order valence-corrected chi connectivity index (χ4v) is 3.10. The van der Waals surface area contributed by atoms with Gasteiger partial charge in [-0.2, -0.15) is 0 Å². The van der Waals surface area contributed by atoms with Crippen molar-refractivity contribution in [1.82, 2.24) is 10.2 Å². The number of hydrogen-bond donors (Lipinski definition) is 1. The van der Waals surface area contributed by atoms with Crippen molar-refractivity contribution in [3.05, 3.63) is 0 Å². The fourth-order valence-electron chi connectivity index (χ4n) is 3.10. The van der Waals surface area contributed by atoms with E-state index in [0.717, 1.165) is 25.0 Å². The third-order valence-corrected chi connectivity index (χ3v) is 4.60. The van der Waals surface area contributed by atoms with Gasteiger partial charge in [0.25, 0.3) is 0 Å². The third kappa shape index (κ3) is 5.27. The van der Waals surface area contributed by atoms with Crippen LogP contribution in [0.15, 0.2) is 0 Å². The second-order valence-corrected chi connectivity index (χ2v) is 7.02. The Balaban J connectivity index is 2.36. The van der Waals surface area contributed by atoms with E-state index in [9.17, 15) is 0 Å². The van der Waals surface area contributed by atoms with Gasteiger partial charge < -0.3 is 10.2 Å². The molecule has 0 aromatic rings. The van der Waals surface area contributed by atoms with Crippen LogP contribution in [0.25, 0.3) is 0 Å². The van der Waals surface area contributed by atoms with Gasteiger partial charge in [-0.1, -0.05) is 27.7 Å². The number of rotatable bonds is 5. The minimum Gasteiger partial charge on any atom is -0.317 e. The van der Waals surface area contributed by atoms with Crippen LogP contribution in [-0.2, 0) is 0 Å². The first-order chi connectivity index (χ1) is 8.45. The Morgan fingerprint density at radius 1 is 1.22 bits per heavy atom. The summed E-state index contributed by atoms with van der Waals surface area (Å²) in [4.78, 5) is 2.71. The van der Waals surface area contributed by atoms with Crippen LogP contribution in [0, 0.1) is 11.3 Å². The maximum atomic E-state index is 3.44. The molecule has 0 spiro atoms. The quantitative estimate of drug-likeness (QED) is 0.755. The van der Waals surface area contributed by atoms with Crippen molar-refractivity contribution >= 4 is 0 Å². The second-order valence-electron chi connectivity index (χ2n) is 7.02. The molecule has 1 rings (SSSR count). The van der Waals surface area contributed by atoms with Crippen molar-refractivity contribution in [1.29, 1.82) is 0 Å². The Bertz CT molecular complexity index is 220. The van der Waals surface area contributed by atoms with Crippen molar-refractivity contribution in [3.63, 3.8) is 0 Å². The monoisotopic (exact) mass is 254 g/mol. The molecule has 0 amide bonds. The van der Waals surface area contributed by atoms with Crippen LogP contribution in [0.5, 0.6) is 0 Å². The van der Waals surface area contributed by atoms with E-state index in [1.807, 2.05) is 0 Å². The van der Waals surface area contributed by atoms with E-state index in [0.29, 0.717) is 5.41 Å². The summed E-state index contributed by atoms with van der Waals surface area (Å²) < 4.78 is 0. The first kappa shape index (κ1) is 16.0. The predicted molar refractivity (Wildman–Crippen MR) is 81.0 cm³/mol. The summed E-state index contributed by atoms with van der Waals surface area (Å²) in [6, 6.07) is 0.739. The lowest BCUT2D eigenvalue weighted by atomic mass is 9.77. The molecule has 1 N–H and O–H groups in total. The largest absolute Gasteiger partial charge is 0.317 e. The highest BCUT2D eigenvalue weighted by Gasteiger charge is 2.28. The molecule has 1 aliphatic rings. The normalized spacial score (nSPS) is 24.8. The molecule has 18 heavy (non-hydrogen) atoms. The molecular formula is C16H34N2. The van der Waals surface area contributed by atoms with Crippen LogP contribution < -0.4 is 5.32 Å². The molecule has 2 unspecified atom stereocenters. The van der Waals surface area contributed by atoms with Crippen LogP contribution in [-0.4, -0.2) is 37.1 Å². The zero-order valence-electron chi connectivity index (χ0n) is 13.3. The van der Waals surface area contributed by atoms with Gasteiger partial charge in [0.15, 0.2) is 0 Å². The molecule has 0 bridgehead atoms. The molecule has 2 atom stereocenters. The predicted octanol–water partition coefficient (Wildman–Crippen LogP) is 3.52. The highest BCUT2D eigenvalue weighted by molar-refractivity contribution is 4.80. The highest BCUT2D eigenvalue weighted by Crippen LogP contribution is 2.34. The molecule has 0 aromatic heterocycles. The zero-order valence-corrected chi connectivity index (χ0v) is 13.3. The van der Waals surface area contributed by atoms with E-state index in [2.05, 4.69) is 44.8 Å². The minimum atomic E-state index is 0.489. The summed E-state index contributed by atoms with van der Waals surface area (Å²) in [5, 5.41) is 3.44. The number of likely N-dealkylation sites (tertiary alicyclic amines) is 1. The molecule has 1 fully saturated rings. The average molecular weight is 254 g/mol. The number of nitrogens with one attached hydrogen (secondary N) is 1. The van der Waals surface area contributed by atoms with E-state index in [-0.39, 0.29) is 0 Å². The highest BCUT2D eigenvalue weighted by atomic mass is 15.1. The SMILES string of the molecule is CCNCCC(C)N1CCCC(C(C)(C)C)CC1. The van der Waals surface area contributed by atoms with Gasteiger partial charge in [0.2, 0.25) is 0 Å². The molecule has 1 saturated heterocycles. The van der Waals surface area contributed by atoms with Crippen LogP contribution in [0.1, 0.15) is 60.3 Å². The Labute approximate surface area is 115 Å². The summed E-state index contributed by atoms with van der Waals surface area (Å²) in [5.74, 6) is 0.906. The van der Waals surface area contributed by atoms with Crippen LogP contribution in [0.2, 0.25) is 0 Å². The Kier molecular flexibility index (Phi) is 6.65. The summed E-state index contributed by atoms with van der Waals surface area (Å²) in [6.07, 6.45) is 5.47. The van der Waals surface area contributed by atoms with Crippen molar-refractivity contribution in [2.45, 2.75) is 66.3 Å². The average Bonchev–Trinajstić information content (AvgIpc) is 2.54. The smallest absolute Gasteiger partial charge is 0.00790 e. The van der Waals surface area contributed by atoms with Crippen molar-refractivity contribution in [3.8, 4) is 0 Å². The molecule has 1 heterocycles. The first-order valence-corrected chi connectivity index (χ1v) is 7.90. The van der Waals surface area contributed by atoms with Crippen molar-refractivity contribution in [2.24, 2.45) is 11.3 Å². The summed E-state index contributed by atoms with van der Waals surface area (Å²) in [7, 11) is 0. The lowest BCUT2D eigenvalue weighted by Crippen LogP contribution is -2.36. The standard InChI is InChI=1S/C16H34N2/c1-6-17-11-9-14(2)18-12-7-8-15(10-13-18)16(3,4)5/h14-15,17H,6-13H2,1-5H3. The second kappa shape index (κ2) is 7.49. The topological polar surface area (TPSA) is 15.3 Å². The molecule has 0 aliphatic carbocycles. The maximum Gasteiger partial charge on any atom is 0.00790 e. The van der Waals surface area contributed by atoms with Gasteiger partial charge in [0, 0.05) is 6.04 Å². The van der Waals surface area contributed by atoms with Crippen molar-refractivity contribution in [2.75, 3.05) is 26.2 Å². The van der Waals surface area contributed by atoms with Gasteiger partial charge in [0.1, 0.15) is 0 Å². The van der Waals surface area contributed by atoms with E-state index >= 15 is 0 Å². The third-order valence-electron chi connectivity index (χ3n) is 4.60. The lowest BCUT2D eigenvalue weighted by molar-refractivity contribution is 0.183. The molecular weight excluding hydrogens is 220 g/mol. The Morgan fingerprint density at radius 3 is 2.56 bits per heavy atom. The molecule has 0 saturated carbocycles. The summed E-state index contributed by atoms with van der Waals surface area (Å²) in [5.41, 5.74) is 0.489. The number of hydrogen-bond acceptors (Lipinski definition) is 2. The van der Waals surface area contributed by atoms with Gasteiger partial charge in [-0.15, -0.1) is 0 Å². The molecule has 1 aliphatic heterocycles. The molecule has 2 heteroatoms. The molecule has 2 nitrogen and oxygen atoms in total. The lowest BCUT2D eigenvalue weighted by Gasteiger charge is -2.31. The van der Waals surface area contributed by atoms with Crippen molar-refractivity contribution < 1.29 is 0 Å². The van der Waals surface area contributed by atoms with E-state index in [4.69, 9.17) is 0 Å². The van der Waals surface area contributed by atoms with E-state index < -0.39 is 0 Å². The van der Waals surface area contributed by atoms with E-state index in [1.54, 1.807) is 0 Å². The first-order valence-electron chi connectivity index (χ1n) is 7.90. The number of nitrogens with zero attached hydrogens (tertiary/aromatic N) is 1. The molecule has 0 aromatic carbocycles. The fraction of sp³-hybridized carbons (Fsp3) is 1.00. The van der Waals surface area contributed by atoms with Gasteiger partial charge in [-0.05, 0) is 70.1 Å². The maximum absolute atomic E-state index is 3.44. The minimum absolute atomic E-state index is 0.489.